The van der Waals surface area contributed by atoms with Crippen LogP contribution in [0.4, 0.5) is 0 Å². The first-order valence-corrected chi connectivity index (χ1v) is 18.9. The molecular formula is C28H48Cl3NO2Si. The third kappa shape index (κ3) is 12.5. The topological polar surface area (TPSA) is 21.7 Å². The highest BCUT2D eigenvalue weighted by atomic mass is 35.8. The third-order valence-corrected chi connectivity index (χ3v) is 9.72. The lowest BCUT2D eigenvalue weighted by atomic mass is 9.82. The second-order valence-electron chi connectivity index (χ2n) is 11.4. The summed E-state index contributed by atoms with van der Waals surface area (Å²) in [4.78, 5) is 6.72. The molecule has 1 heterocycles. The Kier molecular flexibility index (Phi) is 14.0. The summed E-state index contributed by atoms with van der Waals surface area (Å²) in [6.07, 6.45) is 14.4. The largest absolute Gasteiger partial charge is 0.378 e. The van der Waals surface area contributed by atoms with Crippen molar-refractivity contribution >= 4 is 39.2 Å². The molecule has 0 aromatic heterocycles. The number of hydroxylamine groups is 2. The van der Waals surface area contributed by atoms with E-state index in [0.717, 1.165) is 38.3 Å². The van der Waals surface area contributed by atoms with E-state index in [1.807, 2.05) is 0 Å². The first-order chi connectivity index (χ1) is 16.5. The monoisotopic (exact) mass is 563 g/mol. The number of unbranched alkanes of at least 4 members (excludes halogenated alkanes) is 8. The summed E-state index contributed by atoms with van der Waals surface area (Å²) in [6.45, 7) is 10.6. The van der Waals surface area contributed by atoms with Crippen molar-refractivity contribution in [2.45, 2.75) is 128 Å². The van der Waals surface area contributed by atoms with Gasteiger partial charge in [-0.25, -0.2) is 0 Å². The standard InChI is InChI=1S/C28H48Cl3NO2Si/c1-27(2)20-17-21-28(3,4)32(27)34-26(25-18-13-12-14-19-25)24-33-22-15-10-8-6-5-7-9-11-16-23-35(29,30)31/h12-14,18-19,26H,5-11,15-17,20-24H2,1-4H3. The maximum Gasteiger partial charge on any atom is 0.341 e. The number of rotatable bonds is 17. The minimum atomic E-state index is -2.41. The normalized spacial score (nSPS) is 19.1. The van der Waals surface area contributed by atoms with Crippen LogP contribution in [0.1, 0.15) is 116 Å². The van der Waals surface area contributed by atoms with Crippen molar-refractivity contribution in [2.24, 2.45) is 0 Å². The fourth-order valence-corrected chi connectivity index (χ4v) is 7.05. The predicted octanol–water partition coefficient (Wildman–Crippen LogP) is 9.89. The molecule has 1 unspecified atom stereocenters. The van der Waals surface area contributed by atoms with E-state index in [1.54, 1.807) is 0 Å². The molecule has 1 aromatic carbocycles. The van der Waals surface area contributed by atoms with Gasteiger partial charge in [0, 0.05) is 17.7 Å². The van der Waals surface area contributed by atoms with Gasteiger partial charge in [0.15, 0.2) is 0 Å². The second kappa shape index (κ2) is 15.6. The van der Waals surface area contributed by atoms with Crippen molar-refractivity contribution in [3.05, 3.63) is 35.9 Å². The number of piperidine rings is 1. The van der Waals surface area contributed by atoms with Crippen molar-refractivity contribution in [1.29, 1.82) is 0 Å². The Balaban J connectivity index is 1.66. The Labute approximate surface area is 230 Å². The molecule has 3 nitrogen and oxygen atoms in total. The van der Waals surface area contributed by atoms with Crippen LogP contribution in [-0.2, 0) is 9.57 Å². The molecular weight excluding hydrogens is 517 g/mol. The van der Waals surface area contributed by atoms with E-state index in [4.69, 9.17) is 42.8 Å². The van der Waals surface area contributed by atoms with E-state index < -0.39 is 6.00 Å². The molecule has 1 aliphatic heterocycles. The smallest absolute Gasteiger partial charge is 0.341 e. The maximum absolute atomic E-state index is 6.72. The summed E-state index contributed by atoms with van der Waals surface area (Å²) in [7, 11) is 0. The second-order valence-corrected chi connectivity index (χ2v) is 20.7. The number of benzene rings is 1. The van der Waals surface area contributed by atoms with Gasteiger partial charge in [0.2, 0.25) is 0 Å². The molecule has 0 bridgehead atoms. The average Bonchev–Trinajstić information content (AvgIpc) is 2.77. The molecule has 0 amide bonds. The van der Waals surface area contributed by atoms with Gasteiger partial charge in [-0.1, -0.05) is 81.7 Å². The third-order valence-electron chi connectivity index (χ3n) is 7.10. The summed E-state index contributed by atoms with van der Waals surface area (Å²) in [5, 5.41) is 2.25. The van der Waals surface area contributed by atoms with Crippen LogP contribution in [0.3, 0.4) is 0 Å². The number of hydrogen-bond acceptors (Lipinski definition) is 3. The molecule has 1 atom stereocenters. The fourth-order valence-electron chi connectivity index (χ4n) is 5.20. The summed E-state index contributed by atoms with van der Waals surface area (Å²) in [6, 6.07) is 8.91. The zero-order valence-electron chi connectivity index (χ0n) is 22.5. The van der Waals surface area contributed by atoms with Crippen LogP contribution in [0, 0.1) is 0 Å². The first kappa shape index (κ1) is 31.4. The average molecular weight is 565 g/mol. The molecule has 7 heteroatoms. The van der Waals surface area contributed by atoms with E-state index in [-0.39, 0.29) is 17.2 Å². The first-order valence-electron chi connectivity index (χ1n) is 13.7. The summed E-state index contributed by atoms with van der Waals surface area (Å²) >= 11 is 17.8. The van der Waals surface area contributed by atoms with Gasteiger partial charge in [-0.05, 0) is 65.0 Å². The van der Waals surface area contributed by atoms with Gasteiger partial charge in [0.05, 0.1) is 6.61 Å². The van der Waals surface area contributed by atoms with E-state index in [0.29, 0.717) is 6.61 Å². The Hall–Kier alpha value is 0.187. The molecule has 0 spiro atoms. The molecule has 1 fully saturated rings. The molecule has 0 radical (unpaired) electrons. The quantitative estimate of drug-likeness (QED) is 0.107. The van der Waals surface area contributed by atoms with Gasteiger partial charge in [-0.2, -0.15) is 5.06 Å². The van der Waals surface area contributed by atoms with Gasteiger partial charge >= 0.3 is 6.00 Å². The van der Waals surface area contributed by atoms with Crippen molar-refractivity contribution in [2.75, 3.05) is 13.2 Å². The van der Waals surface area contributed by atoms with E-state index in [1.165, 1.54) is 56.9 Å². The predicted molar refractivity (Wildman–Crippen MR) is 155 cm³/mol. The van der Waals surface area contributed by atoms with Crippen LogP contribution in [-0.4, -0.2) is 35.4 Å². The maximum atomic E-state index is 6.72. The van der Waals surface area contributed by atoms with Crippen molar-refractivity contribution in [3.63, 3.8) is 0 Å². The molecule has 2 rings (SSSR count). The van der Waals surface area contributed by atoms with Gasteiger partial charge in [0.25, 0.3) is 0 Å². The Morgan fingerprint density at radius 2 is 1.31 bits per heavy atom. The highest BCUT2D eigenvalue weighted by molar-refractivity contribution is 7.64. The van der Waals surface area contributed by atoms with E-state index >= 15 is 0 Å². The SMILES string of the molecule is CC1(C)CCCC(C)(C)N1OC(COCCCCCCCCCCC[Si](Cl)(Cl)Cl)c1ccccc1. The number of nitrogens with zero attached hydrogens (tertiary/aromatic N) is 1. The van der Waals surface area contributed by atoms with Crippen LogP contribution in [0.2, 0.25) is 6.04 Å². The van der Waals surface area contributed by atoms with Crippen molar-refractivity contribution < 1.29 is 9.57 Å². The fraction of sp³-hybridized carbons (Fsp3) is 0.786. The zero-order chi connectivity index (χ0) is 25.8. The van der Waals surface area contributed by atoms with Crippen LogP contribution in [0.15, 0.2) is 30.3 Å². The van der Waals surface area contributed by atoms with Gasteiger partial charge in [-0.3, -0.25) is 4.84 Å². The highest BCUT2D eigenvalue weighted by Crippen LogP contribution is 2.40. The minimum Gasteiger partial charge on any atom is -0.378 e. The van der Waals surface area contributed by atoms with Crippen LogP contribution >= 0.6 is 33.2 Å². The van der Waals surface area contributed by atoms with Gasteiger partial charge in [0.1, 0.15) is 6.10 Å². The molecule has 1 saturated heterocycles. The Morgan fingerprint density at radius 1 is 0.800 bits per heavy atom. The lowest BCUT2D eigenvalue weighted by Gasteiger charge is -2.52. The van der Waals surface area contributed by atoms with Gasteiger partial charge < -0.3 is 4.74 Å². The Bertz CT molecular complexity index is 681. The molecule has 1 aliphatic rings. The van der Waals surface area contributed by atoms with Crippen molar-refractivity contribution in [3.8, 4) is 0 Å². The molecule has 35 heavy (non-hydrogen) atoms. The van der Waals surface area contributed by atoms with E-state index in [2.05, 4.69) is 63.1 Å². The summed E-state index contributed by atoms with van der Waals surface area (Å²) in [5.41, 5.74) is 1.21. The molecule has 0 aliphatic carbocycles. The molecule has 0 saturated carbocycles. The van der Waals surface area contributed by atoms with Crippen LogP contribution < -0.4 is 0 Å². The molecule has 1 aromatic rings. The lowest BCUT2D eigenvalue weighted by molar-refractivity contribution is -0.312. The van der Waals surface area contributed by atoms with Crippen LogP contribution in [0.5, 0.6) is 0 Å². The molecule has 202 valence electrons. The van der Waals surface area contributed by atoms with Gasteiger partial charge in [-0.15, -0.1) is 33.2 Å². The highest BCUT2D eigenvalue weighted by Gasteiger charge is 2.43. The number of hydrogen-bond donors (Lipinski definition) is 0. The van der Waals surface area contributed by atoms with Crippen LogP contribution in [0.25, 0.3) is 0 Å². The summed E-state index contributed by atoms with van der Waals surface area (Å²) < 4.78 is 6.15. The zero-order valence-corrected chi connectivity index (χ0v) is 25.7. The van der Waals surface area contributed by atoms with Crippen molar-refractivity contribution in [1.82, 2.24) is 5.06 Å². The Morgan fingerprint density at radius 3 is 1.86 bits per heavy atom. The number of ether oxygens (including phenoxy) is 1. The summed E-state index contributed by atoms with van der Waals surface area (Å²) in [5.74, 6) is 0. The lowest BCUT2D eigenvalue weighted by Crippen LogP contribution is -2.58. The minimum absolute atomic E-state index is 0.0133. The number of halogens is 3. The van der Waals surface area contributed by atoms with E-state index in [9.17, 15) is 0 Å². The molecule has 0 N–H and O–H groups in total.